The van der Waals surface area contributed by atoms with Crippen LogP contribution in [0.5, 0.6) is 0 Å². The van der Waals surface area contributed by atoms with Crippen molar-refractivity contribution in [2.75, 3.05) is 12.3 Å². The third-order valence-corrected chi connectivity index (χ3v) is 1.85. The zero-order chi connectivity index (χ0) is 5.82. The van der Waals surface area contributed by atoms with Crippen LogP contribution in [0, 0.1) is 0 Å². The predicted molar refractivity (Wildman–Crippen MR) is 38.7 cm³/mol. The van der Waals surface area contributed by atoms with Crippen molar-refractivity contribution in [3.8, 4) is 0 Å². The molecule has 0 bridgehead atoms. The lowest BCUT2D eigenvalue weighted by molar-refractivity contribution is 1.19. The van der Waals surface area contributed by atoms with Crippen LogP contribution in [0.25, 0.3) is 0 Å². The first-order valence-corrected chi connectivity index (χ1v) is 3.65. The summed E-state index contributed by atoms with van der Waals surface area (Å²) in [5.74, 6) is 1.10. The molecule has 0 spiro atoms. The number of hydrogen-bond acceptors (Lipinski definition) is 2. The van der Waals surface area contributed by atoms with E-state index in [9.17, 15) is 0 Å². The monoisotopic (exact) mass is 127 g/mol. The Balaban J connectivity index is 2.51. The summed E-state index contributed by atoms with van der Waals surface area (Å²) in [6.45, 7) is 0.670. The summed E-state index contributed by atoms with van der Waals surface area (Å²) in [5, 5.41) is 2.11. The van der Waals surface area contributed by atoms with E-state index in [4.69, 9.17) is 5.73 Å². The Bertz CT molecular complexity index is 126. The molecule has 0 saturated heterocycles. The number of rotatable bonds is 1. The zero-order valence-corrected chi connectivity index (χ0v) is 5.45. The van der Waals surface area contributed by atoms with Gasteiger partial charge in [0.2, 0.25) is 0 Å². The maximum atomic E-state index is 5.37. The first-order chi connectivity index (χ1) is 3.93. The van der Waals surface area contributed by atoms with Crippen molar-refractivity contribution in [2.24, 2.45) is 5.73 Å². The van der Waals surface area contributed by atoms with Gasteiger partial charge >= 0.3 is 0 Å². The van der Waals surface area contributed by atoms with E-state index in [0.29, 0.717) is 6.54 Å². The van der Waals surface area contributed by atoms with E-state index in [1.165, 1.54) is 5.57 Å². The molecule has 0 amide bonds. The maximum absolute atomic E-state index is 5.37. The summed E-state index contributed by atoms with van der Waals surface area (Å²) in [7, 11) is 0. The lowest BCUT2D eigenvalue weighted by Crippen LogP contribution is -2.01. The molecular formula is C6H9NS. The molecule has 1 aliphatic heterocycles. The SMILES string of the molecule is NCC1=CSCC=C1. The average molecular weight is 127 g/mol. The second kappa shape index (κ2) is 2.95. The highest BCUT2D eigenvalue weighted by molar-refractivity contribution is 8.02. The minimum atomic E-state index is 0.670. The van der Waals surface area contributed by atoms with Crippen molar-refractivity contribution in [1.29, 1.82) is 0 Å². The molecule has 2 N–H and O–H groups in total. The van der Waals surface area contributed by atoms with E-state index in [2.05, 4.69) is 17.6 Å². The van der Waals surface area contributed by atoms with Gasteiger partial charge < -0.3 is 5.73 Å². The zero-order valence-electron chi connectivity index (χ0n) is 4.63. The summed E-state index contributed by atoms with van der Waals surface area (Å²) in [5.41, 5.74) is 6.61. The number of nitrogens with two attached hydrogens (primary N) is 1. The molecule has 0 fully saturated rings. The molecule has 0 aromatic carbocycles. The standard InChI is InChI=1S/C6H9NS/c7-4-6-2-1-3-8-5-6/h1-2,5H,3-4,7H2. The molecule has 1 heterocycles. The summed E-state index contributed by atoms with van der Waals surface area (Å²) >= 11 is 1.80. The minimum Gasteiger partial charge on any atom is -0.326 e. The first-order valence-electron chi connectivity index (χ1n) is 2.61. The molecule has 1 nitrogen and oxygen atoms in total. The van der Waals surface area contributed by atoms with Crippen molar-refractivity contribution in [3.63, 3.8) is 0 Å². The van der Waals surface area contributed by atoms with Gasteiger partial charge in [0.05, 0.1) is 0 Å². The van der Waals surface area contributed by atoms with Gasteiger partial charge in [-0.05, 0) is 11.0 Å². The molecule has 0 radical (unpaired) electrons. The third-order valence-electron chi connectivity index (χ3n) is 0.995. The second-order valence-corrected chi connectivity index (χ2v) is 2.53. The van der Waals surface area contributed by atoms with Crippen molar-refractivity contribution in [3.05, 3.63) is 23.1 Å². The van der Waals surface area contributed by atoms with E-state index in [0.717, 1.165) is 5.75 Å². The Hall–Kier alpha value is -0.210. The Morgan fingerprint density at radius 1 is 1.75 bits per heavy atom. The highest BCUT2D eigenvalue weighted by Crippen LogP contribution is 2.12. The first kappa shape index (κ1) is 5.92. The van der Waals surface area contributed by atoms with Crippen LogP contribution in [-0.4, -0.2) is 12.3 Å². The van der Waals surface area contributed by atoms with Crippen LogP contribution in [0.4, 0.5) is 0 Å². The molecule has 0 atom stereocenters. The Morgan fingerprint density at radius 3 is 3.00 bits per heavy atom. The molecule has 1 rings (SSSR count). The Kier molecular flexibility index (Phi) is 2.18. The number of thioether (sulfide) groups is 1. The van der Waals surface area contributed by atoms with Crippen LogP contribution in [0.1, 0.15) is 0 Å². The highest BCUT2D eigenvalue weighted by atomic mass is 32.2. The normalized spacial score (nSPS) is 18.4. The minimum absolute atomic E-state index is 0.670. The van der Waals surface area contributed by atoms with E-state index >= 15 is 0 Å². The van der Waals surface area contributed by atoms with Gasteiger partial charge in [-0.15, -0.1) is 11.8 Å². The van der Waals surface area contributed by atoms with Gasteiger partial charge in [-0.1, -0.05) is 12.2 Å². The second-order valence-electron chi connectivity index (χ2n) is 1.63. The van der Waals surface area contributed by atoms with Crippen LogP contribution < -0.4 is 5.73 Å². The summed E-state index contributed by atoms with van der Waals surface area (Å²) in [4.78, 5) is 0. The van der Waals surface area contributed by atoms with Crippen molar-refractivity contribution >= 4 is 11.8 Å². The van der Waals surface area contributed by atoms with E-state index in [1.54, 1.807) is 11.8 Å². The van der Waals surface area contributed by atoms with Gasteiger partial charge in [-0.2, -0.15) is 0 Å². The van der Waals surface area contributed by atoms with Crippen LogP contribution in [0.3, 0.4) is 0 Å². The van der Waals surface area contributed by atoms with E-state index in [-0.39, 0.29) is 0 Å². The topological polar surface area (TPSA) is 26.0 Å². The van der Waals surface area contributed by atoms with Gasteiger partial charge in [0.25, 0.3) is 0 Å². The van der Waals surface area contributed by atoms with Gasteiger partial charge in [0, 0.05) is 12.3 Å². The average Bonchev–Trinajstić information content (AvgIpc) is 1.90. The van der Waals surface area contributed by atoms with Crippen LogP contribution in [-0.2, 0) is 0 Å². The Labute approximate surface area is 53.6 Å². The van der Waals surface area contributed by atoms with Crippen LogP contribution in [0.15, 0.2) is 23.1 Å². The summed E-state index contributed by atoms with van der Waals surface area (Å²) < 4.78 is 0. The highest BCUT2D eigenvalue weighted by Gasteiger charge is 1.91. The molecule has 0 saturated carbocycles. The smallest absolute Gasteiger partial charge is 0.0183 e. The number of hydrogen-bond donors (Lipinski definition) is 1. The maximum Gasteiger partial charge on any atom is 0.0183 e. The molecular weight excluding hydrogens is 118 g/mol. The quantitative estimate of drug-likeness (QED) is 0.571. The summed E-state index contributed by atoms with van der Waals surface area (Å²) in [6, 6.07) is 0. The fourth-order valence-electron chi connectivity index (χ4n) is 0.566. The molecule has 0 aromatic heterocycles. The van der Waals surface area contributed by atoms with Gasteiger partial charge in [-0.25, -0.2) is 0 Å². The fraction of sp³-hybridized carbons (Fsp3) is 0.333. The van der Waals surface area contributed by atoms with Crippen molar-refractivity contribution in [2.45, 2.75) is 0 Å². The molecule has 44 valence electrons. The third kappa shape index (κ3) is 1.39. The molecule has 0 aromatic rings. The molecule has 1 aliphatic rings. The van der Waals surface area contributed by atoms with Gasteiger partial charge in [0.15, 0.2) is 0 Å². The molecule has 8 heavy (non-hydrogen) atoms. The predicted octanol–water partition coefficient (Wildman–Crippen LogP) is 1.13. The molecule has 0 aliphatic carbocycles. The lowest BCUT2D eigenvalue weighted by Gasteiger charge is -2.00. The van der Waals surface area contributed by atoms with Gasteiger partial charge in [-0.3, -0.25) is 0 Å². The van der Waals surface area contributed by atoms with E-state index < -0.39 is 0 Å². The fourth-order valence-corrected chi connectivity index (χ4v) is 1.26. The summed E-state index contributed by atoms with van der Waals surface area (Å²) in [6.07, 6.45) is 4.21. The largest absolute Gasteiger partial charge is 0.326 e. The van der Waals surface area contributed by atoms with Crippen molar-refractivity contribution in [1.82, 2.24) is 0 Å². The Morgan fingerprint density at radius 2 is 2.62 bits per heavy atom. The van der Waals surface area contributed by atoms with E-state index in [1.807, 2.05) is 0 Å². The van der Waals surface area contributed by atoms with Gasteiger partial charge in [0.1, 0.15) is 0 Å². The van der Waals surface area contributed by atoms with Crippen LogP contribution in [0.2, 0.25) is 0 Å². The lowest BCUT2D eigenvalue weighted by atomic mass is 10.3. The van der Waals surface area contributed by atoms with Crippen molar-refractivity contribution < 1.29 is 0 Å². The molecule has 2 heteroatoms. The van der Waals surface area contributed by atoms with Crippen LogP contribution >= 0.6 is 11.8 Å². The molecule has 0 unspecified atom stereocenters.